The summed E-state index contributed by atoms with van der Waals surface area (Å²) in [6.45, 7) is 6.01. The number of hydrogen-bond donors (Lipinski definition) is 1. The lowest BCUT2D eigenvalue weighted by Gasteiger charge is -2.36. The van der Waals surface area contributed by atoms with Crippen LogP contribution in [0.4, 0.5) is 5.69 Å². The summed E-state index contributed by atoms with van der Waals surface area (Å²) in [7, 11) is 0. The van der Waals surface area contributed by atoms with E-state index in [-0.39, 0.29) is 12.5 Å². The Labute approximate surface area is 175 Å². The first-order valence-corrected chi connectivity index (χ1v) is 10.8. The number of nitrogens with one attached hydrogen (secondary N) is 1. The molecular formula is C22H26N4O2S. The maximum atomic E-state index is 12.0. The van der Waals surface area contributed by atoms with Crippen LogP contribution >= 0.6 is 11.3 Å². The first kappa shape index (κ1) is 19.8. The SMILES string of the molecule is O=C(COCc1nc2ccccc2s1)NCCN1CCN(c2ccccc2)CC1. The van der Waals surface area contributed by atoms with Crippen molar-refractivity contribution in [1.82, 2.24) is 15.2 Å². The van der Waals surface area contributed by atoms with Gasteiger partial charge >= 0.3 is 0 Å². The predicted octanol–water partition coefficient (Wildman–Crippen LogP) is 2.75. The summed E-state index contributed by atoms with van der Waals surface area (Å²) in [4.78, 5) is 21.3. The fourth-order valence-electron chi connectivity index (χ4n) is 3.49. The molecule has 1 amide bonds. The van der Waals surface area contributed by atoms with Crippen LogP contribution < -0.4 is 10.2 Å². The molecule has 1 saturated heterocycles. The molecule has 152 valence electrons. The van der Waals surface area contributed by atoms with Crippen molar-refractivity contribution in [3.63, 3.8) is 0 Å². The summed E-state index contributed by atoms with van der Waals surface area (Å²) in [6.07, 6.45) is 0. The summed E-state index contributed by atoms with van der Waals surface area (Å²) < 4.78 is 6.67. The Morgan fingerprint density at radius 2 is 1.79 bits per heavy atom. The zero-order valence-corrected chi connectivity index (χ0v) is 17.2. The quantitative estimate of drug-likeness (QED) is 0.619. The number of rotatable bonds is 8. The number of benzene rings is 2. The van der Waals surface area contributed by atoms with Crippen molar-refractivity contribution in [1.29, 1.82) is 0 Å². The van der Waals surface area contributed by atoms with Crippen molar-refractivity contribution in [2.45, 2.75) is 6.61 Å². The van der Waals surface area contributed by atoms with Gasteiger partial charge < -0.3 is 15.0 Å². The van der Waals surface area contributed by atoms with E-state index in [1.165, 1.54) is 5.69 Å². The van der Waals surface area contributed by atoms with Crippen LogP contribution in [0.2, 0.25) is 0 Å². The van der Waals surface area contributed by atoms with Crippen molar-refractivity contribution in [3.8, 4) is 0 Å². The topological polar surface area (TPSA) is 57.7 Å². The molecular weight excluding hydrogens is 384 g/mol. The number of ether oxygens (including phenoxy) is 1. The maximum Gasteiger partial charge on any atom is 0.246 e. The van der Waals surface area contributed by atoms with Gasteiger partial charge in [-0.25, -0.2) is 4.98 Å². The molecule has 3 aromatic rings. The Kier molecular flexibility index (Phi) is 6.71. The number of piperazine rings is 1. The van der Waals surface area contributed by atoms with Gasteiger partial charge in [0, 0.05) is 45.0 Å². The summed E-state index contributed by atoms with van der Waals surface area (Å²) in [5.41, 5.74) is 2.26. The van der Waals surface area contributed by atoms with Crippen LogP contribution in [0.25, 0.3) is 10.2 Å². The number of carbonyl (C=O) groups is 1. The summed E-state index contributed by atoms with van der Waals surface area (Å²) in [5, 5.41) is 3.85. The van der Waals surface area contributed by atoms with Gasteiger partial charge in [0.25, 0.3) is 0 Å². The normalized spacial score (nSPS) is 15.0. The van der Waals surface area contributed by atoms with Gasteiger partial charge in [0.05, 0.1) is 16.8 Å². The van der Waals surface area contributed by atoms with Crippen LogP contribution in [0, 0.1) is 0 Å². The number of thiazole rings is 1. The Bertz CT molecular complexity index is 890. The third-order valence-electron chi connectivity index (χ3n) is 5.04. The minimum absolute atomic E-state index is 0.0672. The van der Waals surface area contributed by atoms with E-state index < -0.39 is 0 Å². The molecule has 1 aromatic heterocycles. The molecule has 1 fully saturated rings. The largest absolute Gasteiger partial charge is 0.369 e. The zero-order valence-electron chi connectivity index (χ0n) is 16.4. The van der Waals surface area contributed by atoms with Gasteiger partial charge in [-0.2, -0.15) is 0 Å². The van der Waals surface area contributed by atoms with Crippen LogP contribution in [-0.4, -0.2) is 61.7 Å². The van der Waals surface area contributed by atoms with Crippen LogP contribution in [0.15, 0.2) is 54.6 Å². The van der Waals surface area contributed by atoms with E-state index in [1.807, 2.05) is 30.3 Å². The Balaban J connectivity index is 1.10. The van der Waals surface area contributed by atoms with Gasteiger partial charge in [-0.15, -0.1) is 11.3 Å². The standard InChI is InChI=1S/C22H26N4O2S/c27-21(16-28-17-22-24-19-8-4-5-9-20(19)29-22)23-10-11-25-12-14-26(15-13-25)18-6-2-1-3-7-18/h1-9H,10-17H2,(H,23,27). The van der Waals surface area contributed by atoms with Gasteiger partial charge in [-0.1, -0.05) is 30.3 Å². The highest BCUT2D eigenvalue weighted by atomic mass is 32.1. The van der Waals surface area contributed by atoms with E-state index in [2.05, 4.69) is 44.4 Å². The van der Waals surface area contributed by atoms with E-state index >= 15 is 0 Å². The number of fused-ring (bicyclic) bond motifs is 1. The molecule has 0 radical (unpaired) electrons. The first-order chi connectivity index (χ1) is 14.3. The molecule has 0 atom stereocenters. The van der Waals surface area contributed by atoms with Gasteiger partial charge in [-0.05, 0) is 24.3 Å². The van der Waals surface area contributed by atoms with E-state index in [4.69, 9.17) is 4.74 Å². The second kappa shape index (κ2) is 9.82. The smallest absolute Gasteiger partial charge is 0.246 e. The van der Waals surface area contributed by atoms with Crippen molar-refractivity contribution < 1.29 is 9.53 Å². The zero-order chi connectivity index (χ0) is 19.9. The molecule has 29 heavy (non-hydrogen) atoms. The predicted molar refractivity (Wildman–Crippen MR) is 117 cm³/mol. The molecule has 6 nitrogen and oxygen atoms in total. The summed E-state index contributed by atoms with van der Waals surface area (Å²) in [6, 6.07) is 18.5. The molecule has 0 bridgehead atoms. The summed E-state index contributed by atoms with van der Waals surface area (Å²) in [5.74, 6) is -0.0750. The minimum atomic E-state index is -0.0750. The molecule has 7 heteroatoms. The number of aromatic nitrogens is 1. The van der Waals surface area contributed by atoms with Crippen molar-refractivity contribution >= 4 is 33.1 Å². The number of carbonyl (C=O) groups excluding carboxylic acids is 1. The van der Waals surface area contributed by atoms with Crippen LogP contribution in [0.5, 0.6) is 0 Å². The lowest BCUT2D eigenvalue weighted by molar-refractivity contribution is -0.126. The minimum Gasteiger partial charge on any atom is -0.369 e. The highest BCUT2D eigenvalue weighted by Crippen LogP contribution is 2.21. The average Bonchev–Trinajstić information content (AvgIpc) is 3.18. The molecule has 0 spiro atoms. The van der Waals surface area contributed by atoms with Gasteiger partial charge in [0.2, 0.25) is 5.91 Å². The lowest BCUT2D eigenvalue weighted by atomic mass is 10.2. The Morgan fingerprint density at radius 3 is 2.59 bits per heavy atom. The highest BCUT2D eigenvalue weighted by Gasteiger charge is 2.16. The second-order valence-electron chi connectivity index (χ2n) is 7.08. The first-order valence-electron chi connectivity index (χ1n) is 9.99. The van der Waals surface area contributed by atoms with E-state index in [0.29, 0.717) is 13.2 Å². The molecule has 0 saturated carbocycles. The van der Waals surface area contributed by atoms with Gasteiger partial charge in [0.1, 0.15) is 11.6 Å². The third-order valence-corrected chi connectivity index (χ3v) is 6.05. The van der Waals surface area contributed by atoms with Crippen molar-refractivity contribution in [3.05, 3.63) is 59.6 Å². The monoisotopic (exact) mass is 410 g/mol. The Morgan fingerprint density at radius 1 is 1.03 bits per heavy atom. The van der Waals surface area contributed by atoms with Gasteiger partial charge in [0.15, 0.2) is 0 Å². The number of amides is 1. The highest BCUT2D eigenvalue weighted by molar-refractivity contribution is 7.18. The maximum absolute atomic E-state index is 12.0. The lowest BCUT2D eigenvalue weighted by Crippen LogP contribution is -2.48. The number of para-hydroxylation sites is 2. The molecule has 1 aliphatic heterocycles. The van der Waals surface area contributed by atoms with E-state index in [0.717, 1.165) is 47.9 Å². The molecule has 4 rings (SSSR count). The number of anilines is 1. The number of nitrogens with zero attached hydrogens (tertiary/aromatic N) is 3. The summed E-state index contributed by atoms with van der Waals surface area (Å²) >= 11 is 1.61. The van der Waals surface area contributed by atoms with Crippen molar-refractivity contribution in [2.75, 3.05) is 50.8 Å². The molecule has 1 aliphatic rings. The molecule has 1 N–H and O–H groups in total. The van der Waals surface area contributed by atoms with E-state index in [1.54, 1.807) is 11.3 Å². The average molecular weight is 411 g/mol. The fourth-order valence-corrected chi connectivity index (χ4v) is 4.39. The molecule has 2 aromatic carbocycles. The Hall–Kier alpha value is -2.48. The van der Waals surface area contributed by atoms with Crippen LogP contribution in [0.1, 0.15) is 5.01 Å². The fraction of sp³-hybridized carbons (Fsp3) is 0.364. The van der Waals surface area contributed by atoms with Crippen LogP contribution in [0.3, 0.4) is 0 Å². The molecule has 0 unspecified atom stereocenters. The second-order valence-corrected chi connectivity index (χ2v) is 8.20. The van der Waals surface area contributed by atoms with Gasteiger partial charge in [-0.3, -0.25) is 9.69 Å². The van der Waals surface area contributed by atoms with E-state index in [9.17, 15) is 4.79 Å². The molecule has 0 aliphatic carbocycles. The van der Waals surface area contributed by atoms with Crippen LogP contribution in [-0.2, 0) is 16.1 Å². The van der Waals surface area contributed by atoms with Crippen molar-refractivity contribution in [2.24, 2.45) is 0 Å². The third kappa shape index (κ3) is 5.53. The number of hydrogen-bond acceptors (Lipinski definition) is 6. The molecule has 2 heterocycles.